The summed E-state index contributed by atoms with van der Waals surface area (Å²) in [6.07, 6.45) is -2.86. The first-order valence-electron chi connectivity index (χ1n) is 9.48. The predicted octanol–water partition coefficient (Wildman–Crippen LogP) is 2.70. The number of fused-ring (bicyclic) bond motifs is 1. The number of anilines is 1. The average Bonchev–Trinajstić information content (AvgIpc) is 2.96. The van der Waals surface area contributed by atoms with E-state index in [1.165, 1.54) is 0 Å². The molecule has 150 valence electrons. The topological polar surface area (TPSA) is 65.7 Å². The van der Waals surface area contributed by atoms with Gasteiger partial charge in [0.15, 0.2) is 0 Å². The molecule has 2 aliphatic heterocycles. The van der Waals surface area contributed by atoms with Gasteiger partial charge in [-0.15, -0.1) is 0 Å². The van der Waals surface area contributed by atoms with Gasteiger partial charge in [0.1, 0.15) is 6.07 Å². The molecule has 9 heteroatoms. The van der Waals surface area contributed by atoms with E-state index in [0.717, 1.165) is 0 Å². The van der Waals surface area contributed by atoms with E-state index in [4.69, 9.17) is 9.31 Å². The molecule has 1 N–H and O–H groups in total. The van der Waals surface area contributed by atoms with E-state index >= 15 is 0 Å². The van der Waals surface area contributed by atoms with Crippen LogP contribution in [0.2, 0.25) is 6.82 Å². The van der Waals surface area contributed by atoms with Gasteiger partial charge in [0.05, 0.1) is 16.8 Å². The van der Waals surface area contributed by atoms with Gasteiger partial charge in [-0.1, -0.05) is 13.0 Å². The van der Waals surface area contributed by atoms with Crippen LogP contribution in [0.15, 0.2) is 12.1 Å². The van der Waals surface area contributed by atoms with Crippen LogP contribution in [0.3, 0.4) is 0 Å². The van der Waals surface area contributed by atoms with Crippen LogP contribution in [0.4, 0.5) is 14.5 Å². The van der Waals surface area contributed by atoms with Crippen molar-refractivity contribution >= 4 is 25.3 Å². The van der Waals surface area contributed by atoms with Crippen LogP contribution in [-0.4, -0.2) is 43.4 Å². The average molecular weight is 390 g/mol. The standard InChI is InChI=1S/C19H26B2F2N2O3/c1-17(2)18(3,4)28-21(27-17)13-7-12(10-24)16-14(8-13)19(5,9-15(22)23)11-25(16)20(6)26/h7-8,15,26H,9,11H2,1-6H3. The van der Waals surface area contributed by atoms with Gasteiger partial charge >= 0.3 is 14.2 Å². The van der Waals surface area contributed by atoms with Gasteiger partial charge in [-0.25, -0.2) is 8.78 Å². The van der Waals surface area contributed by atoms with Crippen molar-refractivity contribution in [2.75, 3.05) is 11.4 Å². The van der Waals surface area contributed by atoms with Gasteiger partial charge in [-0.2, -0.15) is 5.26 Å². The van der Waals surface area contributed by atoms with Gasteiger partial charge in [-0.05, 0) is 51.6 Å². The van der Waals surface area contributed by atoms with Crippen LogP contribution >= 0.6 is 0 Å². The lowest BCUT2D eigenvalue weighted by Crippen LogP contribution is -2.41. The Balaban J connectivity index is 2.13. The summed E-state index contributed by atoms with van der Waals surface area (Å²) in [5.41, 5.74) is 0.0792. The fourth-order valence-corrected chi connectivity index (χ4v) is 4.00. The summed E-state index contributed by atoms with van der Waals surface area (Å²) in [6.45, 7) is 11.3. The van der Waals surface area contributed by atoms with Crippen molar-refractivity contribution in [3.63, 3.8) is 0 Å². The third-order valence-corrected chi connectivity index (χ3v) is 6.29. The number of benzene rings is 1. The first-order valence-corrected chi connectivity index (χ1v) is 9.48. The molecular weight excluding hydrogens is 364 g/mol. The van der Waals surface area contributed by atoms with E-state index in [1.807, 2.05) is 27.7 Å². The fraction of sp³-hybridized carbons (Fsp3) is 0.632. The van der Waals surface area contributed by atoms with Crippen molar-refractivity contribution in [3.8, 4) is 6.07 Å². The molecule has 1 aromatic carbocycles. The summed E-state index contributed by atoms with van der Waals surface area (Å²) in [5, 5.41) is 19.9. The Kier molecular flexibility index (Phi) is 5.06. The Morgan fingerprint density at radius 2 is 1.82 bits per heavy atom. The molecule has 0 saturated carbocycles. The van der Waals surface area contributed by atoms with Crippen LogP contribution < -0.4 is 10.3 Å². The SMILES string of the molecule is CB(O)N1CC(C)(CC(F)F)c2cc(B3OC(C)(C)C(C)(C)O3)cc(C#N)c21. The second-order valence-electron chi connectivity index (χ2n) is 9.08. The Hall–Kier alpha value is -1.62. The first-order chi connectivity index (χ1) is 12.8. The summed E-state index contributed by atoms with van der Waals surface area (Å²) in [5.74, 6) is 0. The number of hydrogen-bond donors (Lipinski definition) is 1. The number of hydrogen-bond acceptors (Lipinski definition) is 5. The molecule has 1 saturated heterocycles. The summed E-state index contributed by atoms with van der Waals surface area (Å²) < 4.78 is 38.9. The minimum absolute atomic E-state index is 0.214. The minimum Gasteiger partial charge on any atom is -0.432 e. The molecule has 1 atom stereocenters. The van der Waals surface area contributed by atoms with E-state index in [1.54, 1.807) is 30.7 Å². The summed E-state index contributed by atoms with van der Waals surface area (Å²) >= 11 is 0. The quantitative estimate of drug-likeness (QED) is 0.802. The second-order valence-corrected chi connectivity index (χ2v) is 9.08. The van der Waals surface area contributed by atoms with Crippen molar-refractivity contribution in [3.05, 3.63) is 23.3 Å². The Labute approximate surface area is 165 Å². The molecule has 0 amide bonds. The van der Waals surface area contributed by atoms with Gasteiger partial charge in [0, 0.05) is 24.1 Å². The minimum atomic E-state index is -2.50. The molecule has 2 heterocycles. The molecule has 0 aliphatic carbocycles. The molecule has 28 heavy (non-hydrogen) atoms. The second kappa shape index (κ2) is 6.72. The first kappa shape index (κ1) is 21.1. The molecule has 5 nitrogen and oxygen atoms in total. The summed E-state index contributed by atoms with van der Waals surface area (Å²) in [7, 11) is -1.59. The number of alkyl halides is 2. The van der Waals surface area contributed by atoms with E-state index in [9.17, 15) is 19.1 Å². The molecule has 0 bridgehead atoms. The predicted molar refractivity (Wildman–Crippen MR) is 106 cm³/mol. The molecule has 0 aromatic heterocycles. The van der Waals surface area contributed by atoms with Crippen LogP contribution in [0.5, 0.6) is 0 Å². The van der Waals surface area contributed by atoms with Gasteiger partial charge in [0.2, 0.25) is 6.43 Å². The highest BCUT2D eigenvalue weighted by Crippen LogP contribution is 2.46. The van der Waals surface area contributed by atoms with Crippen molar-refractivity contribution < 1.29 is 23.1 Å². The maximum Gasteiger partial charge on any atom is 0.494 e. The smallest absolute Gasteiger partial charge is 0.432 e. The zero-order chi connectivity index (χ0) is 21.1. The van der Waals surface area contributed by atoms with Crippen LogP contribution in [0.25, 0.3) is 0 Å². The normalized spacial score (nSPS) is 25.2. The lowest BCUT2D eigenvalue weighted by molar-refractivity contribution is 0.00578. The Morgan fingerprint density at radius 1 is 1.25 bits per heavy atom. The van der Waals surface area contributed by atoms with Crippen LogP contribution in [0, 0.1) is 11.3 Å². The number of nitrogens with zero attached hydrogens (tertiary/aromatic N) is 2. The number of halogens is 2. The van der Waals surface area contributed by atoms with Crippen molar-refractivity contribution in [1.29, 1.82) is 5.26 Å². The fourth-order valence-electron chi connectivity index (χ4n) is 4.00. The summed E-state index contributed by atoms with van der Waals surface area (Å²) in [6, 6.07) is 5.62. The Bertz CT molecular complexity index is 810. The van der Waals surface area contributed by atoms with Crippen LogP contribution in [-0.2, 0) is 14.7 Å². The van der Waals surface area contributed by atoms with E-state index in [-0.39, 0.29) is 13.0 Å². The molecule has 0 spiro atoms. The zero-order valence-corrected chi connectivity index (χ0v) is 17.2. The van der Waals surface area contributed by atoms with E-state index < -0.39 is 37.2 Å². The van der Waals surface area contributed by atoms with Gasteiger partial charge < -0.3 is 19.1 Å². The third kappa shape index (κ3) is 3.32. The summed E-state index contributed by atoms with van der Waals surface area (Å²) in [4.78, 5) is 1.62. The maximum absolute atomic E-state index is 13.3. The molecule has 3 rings (SSSR count). The Morgan fingerprint density at radius 3 is 2.29 bits per heavy atom. The zero-order valence-electron chi connectivity index (χ0n) is 17.2. The monoisotopic (exact) mass is 390 g/mol. The third-order valence-electron chi connectivity index (χ3n) is 6.29. The van der Waals surface area contributed by atoms with Gasteiger partial charge in [-0.3, -0.25) is 0 Å². The molecule has 1 aromatic rings. The van der Waals surface area contributed by atoms with E-state index in [2.05, 4.69) is 6.07 Å². The van der Waals surface area contributed by atoms with Crippen LogP contribution in [0.1, 0.15) is 52.2 Å². The highest BCUT2D eigenvalue weighted by molar-refractivity contribution is 6.62. The van der Waals surface area contributed by atoms with Crippen molar-refractivity contribution in [2.45, 2.75) is 70.9 Å². The highest BCUT2D eigenvalue weighted by atomic mass is 19.3. The lowest BCUT2D eigenvalue weighted by Gasteiger charge is -2.32. The maximum atomic E-state index is 13.3. The molecule has 1 fully saturated rings. The number of nitriles is 1. The number of rotatable bonds is 4. The van der Waals surface area contributed by atoms with E-state index in [0.29, 0.717) is 22.3 Å². The largest absolute Gasteiger partial charge is 0.494 e. The van der Waals surface area contributed by atoms with Crippen molar-refractivity contribution in [2.24, 2.45) is 0 Å². The lowest BCUT2D eigenvalue weighted by atomic mass is 9.73. The molecule has 2 aliphatic rings. The van der Waals surface area contributed by atoms with Crippen molar-refractivity contribution in [1.82, 2.24) is 0 Å². The molecular formula is C19H26B2F2N2O3. The molecule has 1 unspecified atom stereocenters. The molecule has 0 radical (unpaired) electrons. The van der Waals surface area contributed by atoms with Gasteiger partial charge in [0.25, 0.3) is 0 Å². The highest BCUT2D eigenvalue weighted by Gasteiger charge is 2.53.